The fraction of sp³-hybridized carbons (Fsp3) is 0.688. The summed E-state index contributed by atoms with van der Waals surface area (Å²) in [4.78, 5) is 7.20. The van der Waals surface area contributed by atoms with E-state index in [1.54, 1.807) is 0 Å². The molecule has 3 heteroatoms. The van der Waals surface area contributed by atoms with Crippen molar-refractivity contribution in [1.82, 2.24) is 4.98 Å². The minimum Gasteiger partial charge on any atom is -0.353 e. The van der Waals surface area contributed by atoms with Gasteiger partial charge in [0, 0.05) is 30.4 Å². The third-order valence-electron chi connectivity index (χ3n) is 4.82. The molecule has 1 unspecified atom stereocenters. The Bertz CT molecular complexity index is 424. The standard InChI is InChI=1S/C16H25N3/c1-12(17)14-8-4-10-18-16(14)19-11-5-9-15(19)13-6-2-3-7-13/h4,8,10,12-13,15H,2-3,5-7,9,11,17H2,1H3/t12-,15?/m1/s1. The van der Waals surface area contributed by atoms with Crippen molar-refractivity contribution in [2.24, 2.45) is 11.7 Å². The monoisotopic (exact) mass is 259 g/mol. The van der Waals surface area contributed by atoms with Gasteiger partial charge in [0.15, 0.2) is 0 Å². The van der Waals surface area contributed by atoms with E-state index in [-0.39, 0.29) is 6.04 Å². The second-order valence-electron chi connectivity index (χ2n) is 6.15. The lowest BCUT2D eigenvalue weighted by molar-refractivity contribution is 0.428. The Morgan fingerprint density at radius 2 is 2.05 bits per heavy atom. The molecule has 2 heterocycles. The number of aromatic nitrogens is 1. The Kier molecular flexibility index (Phi) is 3.74. The Labute approximate surface area is 116 Å². The fourth-order valence-electron chi connectivity index (χ4n) is 3.89. The van der Waals surface area contributed by atoms with E-state index in [4.69, 9.17) is 5.73 Å². The van der Waals surface area contributed by atoms with Gasteiger partial charge in [-0.15, -0.1) is 0 Å². The molecule has 2 fully saturated rings. The van der Waals surface area contributed by atoms with Crippen LogP contribution >= 0.6 is 0 Å². The van der Waals surface area contributed by atoms with Crippen molar-refractivity contribution < 1.29 is 0 Å². The number of rotatable bonds is 3. The quantitative estimate of drug-likeness (QED) is 0.906. The van der Waals surface area contributed by atoms with Crippen molar-refractivity contribution in [2.75, 3.05) is 11.4 Å². The lowest BCUT2D eigenvalue weighted by Gasteiger charge is -2.32. The van der Waals surface area contributed by atoms with Gasteiger partial charge in [0.1, 0.15) is 5.82 Å². The van der Waals surface area contributed by atoms with Crippen molar-refractivity contribution in [3.05, 3.63) is 23.9 Å². The van der Waals surface area contributed by atoms with Crippen molar-refractivity contribution in [1.29, 1.82) is 0 Å². The second-order valence-corrected chi connectivity index (χ2v) is 6.15. The minimum absolute atomic E-state index is 0.0635. The highest BCUT2D eigenvalue weighted by Gasteiger charge is 2.34. The normalized spacial score (nSPS) is 26.0. The van der Waals surface area contributed by atoms with Crippen LogP contribution in [0.4, 0.5) is 5.82 Å². The highest BCUT2D eigenvalue weighted by Crippen LogP contribution is 2.38. The van der Waals surface area contributed by atoms with Gasteiger partial charge in [0.05, 0.1) is 0 Å². The minimum atomic E-state index is 0.0635. The van der Waals surface area contributed by atoms with Gasteiger partial charge in [-0.2, -0.15) is 0 Å². The smallest absolute Gasteiger partial charge is 0.133 e. The van der Waals surface area contributed by atoms with Crippen molar-refractivity contribution in [2.45, 2.75) is 57.5 Å². The second kappa shape index (κ2) is 5.49. The van der Waals surface area contributed by atoms with Crippen LogP contribution in [0.2, 0.25) is 0 Å². The summed E-state index contributed by atoms with van der Waals surface area (Å²) < 4.78 is 0. The molecule has 1 aromatic rings. The zero-order valence-electron chi connectivity index (χ0n) is 11.9. The van der Waals surface area contributed by atoms with Gasteiger partial charge in [0.25, 0.3) is 0 Å². The molecule has 104 valence electrons. The van der Waals surface area contributed by atoms with Crippen molar-refractivity contribution in [3.8, 4) is 0 Å². The van der Waals surface area contributed by atoms with Crippen LogP contribution in [-0.2, 0) is 0 Å². The highest BCUT2D eigenvalue weighted by atomic mass is 15.2. The molecule has 2 aliphatic rings. The zero-order valence-corrected chi connectivity index (χ0v) is 11.9. The zero-order chi connectivity index (χ0) is 13.2. The lowest BCUT2D eigenvalue weighted by atomic mass is 9.95. The fourth-order valence-corrected chi connectivity index (χ4v) is 3.89. The molecule has 1 saturated heterocycles. The average Bonchev–Trinajstić information content (AvgIpc) is 3.09. The SMILES string of the molecule is C[C@@H](N)c1cccnc1N1CCCC1C1CCCC1. The first-order valence-electron chi connectivity index (χ1n) is 7.74. The number of anilines is 1. The lowest BCUT2D eigenvalue weighted by Crippen LogP contribution is -2.36. The van der Waals surface area contributed by atoms with Crippen LogP contribution in [0.25, 0.3) is 0 Å². The van der Waals surface area contributed by atoms with Gasteiger partial charge in [-0.1, -0.05) is 18.9 Å². The molecule has 0 radical (unpaired) electrons. The summed E-state index contributed by atoms with van der Waals surface area (Å²) in [6.07, 6.45) is 10.2. The highest BCUT2D eigenvalue weighted by molar-refractivity contribution is 5.50. The van der Waals surface area contributed by atoms with E-state index in [9.17, 15) is 0 Å². The summed E-state index contributed by atoms with van der Waals surface area (Å²) in [5.74, 6) is 2.03. The van der Waals surface area contributed by atoms with Crippen LogP contribution in [0, 0.1) is 5.92 Å². The third-order valence-corrected chi connectivity index (χ3v) is 4.82. The first-order valence-corrected chi connectivity index (χ1v) is 7.74. The summed E-state index contributed by atoms with van der Waals surface area (Å²) in [6, 6.07) is 4.91. The molecular formula is C16H25N3. The van der Waals surface area contributed by atoms with Gasteiger partial charge in [-0.05, 0) is 44.6 Å². The van der Waals surface area contributed by atoms with Gasteiger partial charge in [-0.3, -0.25) is 0 Å². The molecule has 1 aromatic heterocycles. The number of nitrogens with zero attached hydrogens (tertiary/aromatic N) is 2. The molecule has 3 rings (SSSR count). The Hall–Kier alpha value is -1.09. The van der Waals surface area contributed by atoms with Crippen LogP contribution in [0.1, 0.15) is 57.1 Å². The molecule has 0 aromatic carbocycles. The van der Waals surface area contributed by atoms with Crippen LogP contribution in [0.5, 0.6) is 0 Å². The maximum atomic E-state index is 6.11. The molecule has 1 saturated carbocycles. The third kappa shape index (κ3) is 2.48. The Morgan fingerprint density at radius 3 is 2.79 bits per heavy atom. The number of pyridine rings is 1. The van der Waals surface area contributed by atoms with E-state index in [2.05, 4.69) is 22.9 Å². The summed E-state index contributed by atoms with van der Waals surface area (Å²) in [5.41, 5.74) is 7.32. The Balaban J connectivity index is 1.87. The van der Waals surface area contributed by atoms with E-state index >= 15 is 0 Å². The van der Waals surface area contributed by atoms with Crippen LogP contribution < -0.4 is 10.6 Å². The molecular weight excluding hydrogens is 234 g/mol. The van der Waals surface area contributed by atoms with Gasteiger partial charge in [-0.25, -0.2) is 4.98 Å². The first kappa shape index (κ1) is 12.9. The molecule has 2 atom stereocenters. The molecule has 3 nitrogen and oxygen atoms in total. The van der Waals surface area contributed by atoms with E-state index in [0.717, 1.165) is 18.3 Å². The predicted molar refractivity (Wildman–Crippen MR) is 79.2 cm³/mol. The van der Waals surface area contributed by atoms with Gasteiger partial charge < -0.3 is 10.6 Å². The van der Waals surface area contributed by atoms with E-state index in [1.807, 2.05) is 12.3 Å². The van der Waals surface area contributed by atoms with Crippen LogP contribution in [0.15, 0.2) is 18.3 Å². The molecule has 0 bridgehead atoms. The number of hydrogen-bond acceptors (Lipinski definition) is 3. The average molecular weight is 259 g/mol. The van der Waals surface area contributed by atoms with E-state index < -0.39 is 0 Å². The maximum Gasteiger partial charge on any atom is 0.133 e. The van der Waals surface area contributed by atoms with Crippen LogP contribution in [-0.4, -0.2) is 17.6 Å². The molecule has 0 amide bonds. The maximum absolute atomic E-state index is 6.11. The molecule has 19 heavy (non-hydrogen) atoms. The van der Waals surface area contributed by atoms with Crippen molar-refractivity contribution in [3.63, 3.8) is 0 Å². The first-order chi connectivity index (χ1) is 9.27. The summed E-state index contributed by atoms with van der Waals surface area (Å²) in [7, 11) is 0. The summed E-state index contributed by atoms with van der Waals surface area (Å²) in [5, 5.41) is 0. The van der Waals surface area contributed by atoms with E-state index in [1.165, 1.54) is 44.1 Å². The predicted octanol–water partition coefficient (Wildman–Crippen LogP) is 3.26. The Morgan fingerprint density at radius 1 is 1.26 bits per heavy atom. The number of hydrogen-bond donors (Lipinski definition) is 1. The van der Waals surface area contributed by atoms with E-state index in [0.29, 0.717) is 6.04 Å². The molecule has 1 aliphatic heterocycles. The van der Waals surface area contributed by atoms with Gasteiger partial charge >= 0.3 is 0 Å². The number of nitrogens with two attached hydrogens (primary N) is 1. The van der Waals surface area contributed by atoms with Crippen LogP contribution in [0.3, 0.4) is 0 Å². The largest absolute Gasteiger partial charge is 0.353 e. The van der Waals surface area contributed by atoms with Crippen molar-refractivity contribution >= 4 is 5.82 Å². The summed E-state index contributed by atoms with van der Waals surface area (Å²) >= 11 is 0. The van der Waals surface area contributed by atoms with Gasteiger partial charge in [0.2, 0.25) is 0 Å². The summed E-state index contributed by atoms with van der Waals surface area (Å²) in [6.45, 7) is 3.21. The molecule has 2 N–H and O–H groups in total. The molecule has 1 aliphatic carbocycles. The molecule has 0 spiro atoms. The topological polar surface area (TPSA) is 42.1 Å².